The minimum absolute atomic E-state index is 0. The highest BCUT2D eigenvalue weighted by Gasteiger charge is 2.26. The van der Waals surface area contributed by atoms with Gasteiger partial charge in [0.15, 0.2) is 5.96 Å². The first-order chi connectivity index (χ1) is 11.2. The van der Waals surface area contributed by atoms with Crippen LogP contribution in [0.1, 0.15) is 25.6 Å². The van der Waals surface area contributed by atoms with Crippen LogP contribution in [0.2, 0.25) is 0 Å². The van der Waals surface area contributed by atoms with Crippen molar-refractivity contribution >= 4 is 63.3 Å². The summed E-state index contributed by atoms with van der Waals surface area (Å²) in [4.78, 5) is 21.5. The number of hydrogen-bond acceptors (Lipinski definition) is 4. The normalized spacial score (nSPS) is 15.8. The number of carbonyl (C=O) groups is 1. The molecule has 0 saturated carbocycles. The lowest BCUT2D eigenvalue weighted by Gasteiger charge is -2.36. The molecule has 1 amide bonds. The Bertz CT molecular complexity index is 595. The van der Waals surface area contributed by atoms with Crippen molar-refractivity contribution < 1.29 is 9.53 Å². The molecule has 0 unspecified atom stereocenters. The van der Waals surface area contributed by atoms with Crippen molar-refractivity contribution in [3.05, 3.63) is 20.8 Å². The Morgan fingerprint density at radius 2 is 1.88 bits per heavy atom. The molecule has 2 heterocycles. The van der Waals surface area contributed by atoms with Crippen LogP contribution in [0.5, 0.6) is 0 Å². The summed E-state index contributed by atoms with van der Waals surface area (Å²) in [6.45, 7) is 8.85. The molecule has 0 radical (unpaired) electrons. The predicted molar refractivity (Wildman–Crippen MR) is 117 cm³/mol. The Labute approximate surface area is 178 Å². The lowest BCUT2D eigenvalue weighted by Crippen LogP contribution is -2.53. The average Bonchev–Trinajstić information content (AvgIpc) is 2.91. The van der Waals surface area contributed by atoms with Crippen LogP contribution < -0.4 is 5.73 Å². The highest BCUT2D eigenvalue weighted by Crippen LogP contribution is 2.22. The molecule has 1 aliphatic rings. The molecule has 9 heteroatoms. The van der Waals surface area contributed by atoms with Crippen molar-refractivity contribution in [1.29, 1.82) is 0 Å². The van der Waals surface area contributed by atoms with Crippen molar-refractivity contribution in [3.63, 3.8) is 0 Å². The summed E-state index contributed by atoms with van der Waals surface area (Å²) in [5, 5.41) is 0. The van der Waals surface area contributed by atoms with E-state index in [-0.39, 0.29) is 30.1 Å². The number of amides is 1. The minimum Gasteiger partial charge on any atom is -0.444 e. The van der Waals surface area contributed by atoms with Crippen LogP contribution in [-0.4, -0.2) is 60.2 Å². The van der Waals surface area contributed by atoms with E-state index in [0.29, 0.717) is 38.7 Å². The number of thiophene rings is 1. The molecular formula is C16H26BrIN4O2S. The molecule has 25 heavy (non-hydrogen) atoms. The smallest absolute Gasteiger partial charge is 0.410 e. The first-order valence-electron chi connectivity index (χ1n) is 8.01. The standard InChI is InChI=1S/C16H25BrN4O2S.HI/c1-16(2,3)23-15(22)21-10-8-20(9-11-21)14(18)19-7-6-12-4-5-13(17)24-12;/h4-5H,6-11H2,1-3H3,(H2,18,19);1H. The summed E-state index contributed by atoms with van der Waals surface area (Å²) in [6, 6.07) is 4.14. The van der Waals surface area contributed by atoms with E-state index in [4.69, 9.17) is 10.5 Å². The molecule has 0 atom stereocenters. The van der Waals surface area contributed by atoms with Gasteiger partial charge in [0.05, 0.1) is 3.79 Å². The van der Waals surface area contributed by atoms with Crippen molar-refractivity contribution in [2.75, 3.05) is 32.7 Å². The number of nitrogens with two attached hydrogens (primary N) is 1. The Kier molecular flexibility index (Phi) is 8.96. The van der Waals surface area contributed by atoms with E-state index in [1.165, 1.54) is 4.88 Å². The Balaban J connectivity index is 0.00000312. The van der Waals surface area contributed by atoms with Gasteiger partial charge < -0.3 is 20.3 Å². The second kappa shape index (κ2) is 9.96. The van der Waals surface area contributed by atoms with Gasteiger partial charge >= 0.3 is 6.09 Å². The number of carbonyl (C=O) groups excluding carboxylic acids is 1. The van der Waals surface area contributed by atoms with Crippen LogP contribution in [0.3, 0.4) is 0 Å². The monoisotopic (exact) mass is 544 g/mol. The second-order valence-corrected chi connectivity index (χ2v) is 9.20. The molecule has 2 N–H and O–H groups in total. The Morgan fingerprint density at radius 1 is 1.28 bits per heavy atom. The van der Waals surface area contributed by atoms with Gasteiger partial charge in [0.1, 0.15) is 5.60 Å². The number of rotatable bonds is 3. The fourth-order valence-electron chi connectivity index (χ4n) is 2.31. The first kappa shape index (κ1) is 22.5. The van der Waals surface area contributed by atoms with Crippen LogP contribution in [-0.2, 0) is 11.2 Å². The third-order valence-corrected chi connectivity index (χ3v) is 5.20. The summed E-state index contributed by atoms with van der Waals surface area (Å²) < 4.78 is 6.53. The van der Waals surface area contributed by atoms with E-state index >= 15 is 0 Å². The lowest BCUT2D eigenvalue weighted by molar-refractivity contribution is 0.0186. The number of piperazine rings is 1. The van der Waals surface area contributed by atoms with Gasteiger partial charge in [-0.15, -0.1) is 35.3 Å². The molecule has 2 rings (SSSR count). The van der Waals surface area contributed by atoms with Crippen LogP contribution in [0.15, 0.2) is 20.9 Å². The zero-order valence-electron chi connectivity index (χ0n) is 14.8. The first-order valence-corrected chi connectivity index (χ1v) is 9.62. The predicted octanol–water partition coefficient (Wildman–Crippen LogP) is 3.54. The Morgan fingerprint density at radius 3 is 2.40 bits per heavy atom. The fourth-order valence-corrected chi connectivity index (χ4v) is 3.78. The van der Waals surface area contributed by atoms with Crippen molar-refractivity contribution in [1.82, 2.24) is 9.80 Å². The molecule has 0 aromatic carbocycles. The molecule has 142 valence electrons. The molecule has 1 aromatic heterocycles. The van der Waals surface area contributed by atoms with Gasteiger partial charge in [0.2, 0.25) is 0 Å². The maximum atomic E-state index is 12.0. The third kappa shape index (κ3) is 7.69. The van der Waals surface area contributed by atoms with Crippen LogP contribution >= 0.6 is 51.2 Å². The molecule has 1 fully saturated rings. The van der Waals surface area contributed by atoms with E-state index in [9.17, 15) is 4.79 Å². The SMILES string of the molecule is CC(C)(C)OC(=O)N1CCN(C(N)=NCCc2ccc(Br)s2)CC1.I. The summed E-state index contributed by atoms with van der Waals surface area (Å²) in [6.07, 6.45) is 0.621. The molecule has 6 nitrogen and oxygen atoms in total. The van der Waals surface area contributed by atoms with Crippen molar-refractivity contribution in [2.45, 2.75) is 32.8 Å². The molecule has 1 saturated heterocycles. The summed E-state index contributed by atoms with van der Waals surface area (Å²) in [7, 11) is 0. The highest BCUT2D eigenvalue weighted by molar-refractivity contribution is 14.0. The van der Waals surface area contributed by atoms with Crippen molar-refractivity contribution in [2.24, 2.45) is 10.7 Å². The van der Waals surface area contributed by atoms with E-state index in [0.717, 1.165) is 10.2 Å². The zero-order valence-corrected chi connectivity index (χ0v) is 19.6. The quantitative estimate of drug-likeness (QED) is 0.359. The lowest BCUT2D eigenvalue weighted by atomic mass is 10.2. The van der Waals surface area contributed by atoms with Crippen LogP contribution in [0, 0.1) is 0 Å². The summed E-state index contributed by atoms with van der Waals surface area (Å²) >= 11 is 5.18. The maximum Gasteiger partial charge on any atom is 0.410 e. The van der Waals surface area contributed by atoms with Crippen molar-refractivity contribution in [3.8, 4) is 0 Å². The maximum absolute atomic E-state index is 12.0. The number of hydrogen-bond donors (Lipinski definition) is 1. The highest BCUT2D eigenvalue weighted by atomic mass is 127. The van der Waals surface area contributed by atoms with E-state index in [1.54, 1.807) is 16.2 Å². The number of guanidine groups is 1. The van der Waals surface area contributed by atoms with Gasteiger partial charge in [-0.05, 0) is 48.8 Å². The Hall–Kier alpha value is -0.550. The molecule has 1 aliphatic heterocycles. The molecule has 0 bridgehead atoms. The number of aliphatic imine (C=N–C) groups is 1. The third-order valence-electron chi connectivity index (χ3n) is 3.52. The van der Waals surface area contributed by atoms with E-state index in [1.807, 2.05) is 31.7 Å². The average molecular weight is 545 g/mol. The van der Waals surface area contributed by atoms with Crippen LogP contribution in [0.25, 0.3) is 0 Å². The number of halogens is 2. The molecule has 0 spiro atoms. The second-order valence-electron chi connectivity index (χ2n) is 6.65. The fraction of sp³-hybridized carbons (Fsp3) is 0.625. The molecule has 1 aromatic rings. The van der Waals surface area contributed by atoms with Gasteiger partial charge in [-0.2, -0.15) is 0 Å². The summed E-state index contributed by atoms with van der Waals surface area (Å²) in [5.41, 5.74) is 5.61. The molecular weight excluding hydrogens is 519 g/mol. The largest absolute Gasteiger partial charge is 0.444 e. The summed E-state index contributed by atoms with van der Waals surface area (Å²) in [5.74, 6) is 0.550. The topological polar surface area (TPSA) is 71.2 Å². The van der Waals surface area contributed by atoms with Gasteiger partial charge in [0.25, 0.3) is 0 Å². The van der Waals surface area contributed by atoms with Gasteiger partial charge in [-0.25, -0.2) is 4.79 Å². The number of nitrogens with zero attached hydrogens (tertiary/aromatic N) is 3. The van der Waals surface area contributed by atoms with Gasteiger partial charge in [-0.3, -0.25) is 4.99 Å². The van der Waals surface area contributed by atoms with E-state index < -0.39 is 5.60 Å². The van der Waals surface area contributed by atoms with Gasteiger partial charge in [-0.1, -0.05) is 0 Å². The zero-order chi connectivity index (χ0) is 17.7. The van der Waals surface area contributed by atoms with Crippen LogP contribution in [0.4, 0.5) is 4.79 Å². The van der Waals surface area contributed by atoms with Gasteiger partial charge in [0, 0.05) is 44.0 Å². The van der Waals surface area contributed by atoms with E-state index in [2.05, 4.69) is 27.0 Å². The number of ether oxygens (including phenoxy) is 1. The minimum atomic E-state index is -0.467. The molecule has 0 aliphatic carbocycles.